The van der Waals surface area contributed by atoms with Crippen molar-refractivity contribution in [3.63, 3.8) is 0 Å². The van der Waals surface area contributed by atoms with Gasteiger partial charge in [-0.1, -0.05) is 25.8 Å². The van der Waals surface area contributed by atoms with E-state index in [-0.39, 0.29) is 108 Å². The van der Waals surface area contributed by atoms with Crippen LogP contribution >= 0.6 is 0 Å². The molecule has 18 N–H and O–H groups in total. The third-order valence-corrected chi connectivity index (χ3v) is 29.4. The van der Waals surface area contributed by atoms with Gasteiger partial charge in [-0.05, 0) is 26.3 Å². The van der Waals surface area contributed by atoms with Crippen LogP contribution in [0.3, 0.4) is 0 Å². The Morgan fingerprint density at radius 1 is 0.408 bits per heavy atom. The van der Waals surface area contributed by atoms with E-state index in [9.17, 15) is 64.4 Å². The first-order valence-electron chi connectivity index (χ1n) is 46.8. The quantitative estimate of drug-likeness (QED) is 0.0156. The van der Waals surface area contributed by atoms with Crippen molar-refractivity contribution >= 4 is 83.3 Å². The largest absolute Gasteiger partial charge is 0.441 e. The number of nitrogens with two attached hydrogens (primary N) is 3. The second kappa shape index (κ2) is 41.9. The molecule has 14 atom stereocenters. The smallest absolute Gasteiger partial charge is 0.411 e. The number of fused-ring (bicyclic) bond motifs is 28. The molecule has 7 saturated heterocycles. The number of aryl methyl sites for hydroxylation is 5. The molecule has 22 rings (SSSR count). The first-order chi connectivity index (χ1) is 70.5. The molecular formula is C84H123N45O18. The number of aromatic nitrogens is 16. The van der Waals surface area contributed by atoms with E-state index in [0.717, 1.165) is 98.2 Å². The van der Waals surface area contributed by atoms with Crippen molar-refractivity contribution in [1.29, 1.82) is 0 Å². The van der Waals surface area contributed by atoms with Crippen LogP contribution in [-0.2, 0) is 59.7 Å². The third kappa shape index (κ3) is 17.2. The summed E-state index contributed by atoms with van der Waals surface area (Å²) in [6.45, 7) is 8.94. The van der Waals surface area contributed by atoms with E-state index in [1.165, 1.54) is 16.5 Å². The SMILES string of the molecule is C/C(=N\O)[C@@H]1c2c(cnn2C)[C@@H]2CN1C(=O)N2C.CN(O)/C(=N\O)[C@@H]1c2c(cnn2C)[C@@H]2CN1C(=O)N2C.CN1C(=O)N2C[C@H]1c1cnn(C)c1[C@H]2/C(=N/O)NO.CN1C(=O)N2C[C@H]1c1cnn(C)c1[C@H]2c1noc(=O)n1C.CN=C(NO)[C@@H]1c2c(cnn2C/C=N/OCCN)[C@@H]2CN1C(=O)N2C.CN=C(NO)[C@@H]1c2c(cnn2CCCCN)[C@@H]2CN1C(=O)N2C.CN=C(NO)[C@@H]1c2c(cnn2CCN)[C@@H]2CN1C(=O)N2C. The molecule has 14 aliphatic heterocycles. The summed E-state index contributed by atoms with van der Waals surface area (Å²) < 4.78 is 18.2. The van der Waals surface area contributed by atoms with E-state index in [2.05, 4.69) is 92.9 Å². The van der Waals surface area contributed by atoms with Crippen LogP contribution in [0, 0.1) is 0 Å². The number of oxime groups is 4. The number of hydrogen-bond donors (Lipinski definition) is 15. The van der Waals surface area contributed by atoms with Gasteiger partial charge in [0.05, 0.1) is 151 Å². The van der Waals surface area contributed by atoms with E-state index in [1.807, 2.05) is 30.5 Å². The lowest BCUT2D eigenvalue weighted by molar-refractivity contribution is 0.00120. The molecule has 7 fully saturated rings. The van der Waals surface area contributed by atoms with Crippen LogP contribution in [0.1, 0.15) is 189 Å². The average Bonchev–Trinajstić information content (AvgIpc) is 1.59. The zero-order valence-electron chi connectivity index (χ0n) is 83.9. The molecule has 0 spiro atoms. The second-order valence-corrected chi connectivity index (χ2v) is 36.8. The van der Waals surface area contributed by atoms with Crippen LogP contribution in [0.25, 0.3) is 0 Å². The van der Waals surface area contributed by atoms with Gasteiger partial charge in [-0.3, -0.25) is 105 Å². The van der Waals surface area contributed by atoms with E-state index >= 15 is 0 Å². The highest BCUT2D eigenvalue weighted by molar-refractivity contribution is 5.98. The van der Waals surface area contributed by atoms with Crippen molar-refractivity contribution < 1.29 is 84.6 Å². The first kappa shape index (κ1) is 104. The number of nitrogens with one attached hydrogen (secondary N) is 4. The predicted octanol–water partition coefficient (Wildman–Crippen LogP) is -1.29. The minimum Gasteiger partial charge on any atom is -0.411 e. The van der Waals surface area contributed by atoms with Crippen LogP contribution in [0.5, 0.6) is 0 Å². The maximum atomic E-state index is 12.5. The summed E-state index contributed by atoms with van der Waals surface area (Å²) >= 11 is 0. The van der Waals surface area contributed by atoms with Gasteiger partial charge in [0.2, 0.25) is 0 Å². The minimum absolute atomic E-state index is 0.00573. The molecule has 8 aromatic rings. The Hall–Kier alpha value is -16.1. The Balaban J connectivity index is 0.000000123. The van der Waals surface area contributed by atoms with Crippen LogP contribution in [0.2, 0.25) is 0 Å². The minimum atomic E-state index is -0.675. The summed E-state index contributed by atoms with van der Waals surface area (Å²) in [6.07, 6.45) is 15.7. The Morgan fingerprint density at radius 3 is 1.07 bits per heavy atom. The molecule has 63 heteroatoms. The number of hydroxylamine groups is 6. The van der Waals surface area contributed by atoms with Crippen molar-refractivity contribution in [1.82, 2.24) is 174 Å². The molecule has 0 aromatic carbocycles. The van der Waals surface area contributed by atoms with Gasteiger partial charge in [-0.25, -0.2) is 43.4 Å². The Bertz CT molecular complexity index is 6590. The third-order valence-electron chi connectivity index (χ3n) is 29.4. The van der Waals surface area contributed by atoms with Crippen LogP contribution < -0.4 is 44.9 Å². The number of likely N-dealkylation sites (N-methyl/N-ethyl adjacent to an activating group) is 8. The zero-order chi connectivity index (χ0) is 106. The molecule has 0 radical (unpaired) electrons. The molecule has 8 aromatic heterocycles. The molecular weight excluding hydrogens is 1930 g/mol. The Kier molecular flexibility index (Phi) is 29.6. The number of hydrogen-bond acceptors (Lipinski definition) is 36. The monoisotopic (exact) mass is 2050 g/mol. The fourth-order valence-corrected chi connectivity index (χ4v) is 21.9. The molecule has 0 unspecified atom stereocenters. The maximum Gasteiger partial charge on any atom is 0.441 e. The Labute approximate surface area is 838 Å². The predicted molar refractivity (Wildman–Crippen MR) is 511 cm³/mol. The van der Waals surface area contributed by atoms with Gasteiger partial charge in [-0.2, -0.15) is 35.7 Å². The van der Waals surface area contributed by atoms with Crippen molar-refractivity contribution in [2.45, 2.75) is 124 Å². The summed E-state index contributed by atoms with van der Waals surface area (Å²) in [5.74, 6) is 0.680. The normalized spacial score (nSPS) is 24.5. The lowest BCUT2D eigenvalue weighted by atomic mass is 9.95. The standard InChI is InChI=1S/C14H22N8O3.C14H23N7O2.C12H19N7O2.C12H14N6O3.C11H16N6O3.C11H15N5O2.C10H14N6O3/c1-16-13(19-24)12-11-9(10-8-21(12)14(23)20(10)2)7-17-22(11)5-4-18-25-6-3-15;1-16-13(18-23)12-11-9(7-17-21(11)6-4-3-5-15)10-8-20(12)14(22)19(10)2;1-14-11(16-21)10-9-7(5-15-19(9)4-3-13)8-6-18(10)12(20)17(8)2;1-15-7-5-18(11(15)19)9(8-6(7)4-13-17(8)3)10-14-21-12(20)16(10)2;1-14-7-5-17(11(14)18)9(10(13-19)16(3)20)8-6(7)4-12-15(8)2;1-6(13-18)9-10-7(4-12-15(10)3)8-5-16(9)11(17)14(8)2;1-14-6-4-16(10(14)17)8(9(12-18)13-19)7-5(6)3-11-15(7)2/h4,7,10,12,24H,3,5-6,8,15H2,1-2H3,(H,16,19);7,10,12,23H,3-6,8,15H2,1-2H3,(H,16,18);5,8,10,21H,3-4,6,13H2,1-2H3,(H,14,16);4,7,9H,5H2,1-3H3;4,7,9,19-20H,5H2,1-3H3;4,8-9,18H,5H2,1-3H3;3,6,8,18-19H,4H2,1-2H3,(H,12,13)/b18-4+;;;;13-10-;13-6+;/t2*10-,12-;8-,10-;2*7-,9-;8-,9+;6-,8-/m0000000/s1. The number of carbonyl (C=O) groups excluding carboxylic acids is 7. The number of unbranched alkanes of at least 4 members (excludes halogenated alkanes) is 1. The molecule has 22 heterocycles. The number of nitrogens with zero attached hydrogens (tertiary/aromatic N) is 38. The number of amidine groups is 5. The van der Waals surface area contributed by atoms with Crippen LogP contribution in [-0.4, -0.2) is 426 Å². The first-order valence-corrected chi connectivity index (χ1v) is 46.8. The molecule has 14 bridgehead atoms. The second-order valence-electron chi connectivity index (χ2n) is 36.8. The topological polar surface area (TPSA) is 725 Å². The lowest BCUT2D eigenvalue weighted by Gasteiger charge is -2.33. The van der Waals surface area contributed by atoms with Gasteiger partial charge >= 0.3 is 48.0 Å². The fraction of sp³-hybridized carbons (Fsp3) is 0.560. The fourth-order valence-electron chi connectivity index (χ4n) is 21.9. The zero-order valence-corrected chi connectivity index (χ0v) is 83.9. The highest BCUT2D eigenvalue weighted by Gasteiger charge is 2.58. The summed E-state index contributed by atoms with van der Waals surface area (Å²) in [7, 11) is 27.1. The molecule has 63 nitrogen and oxygen atoms in total. The van der Waals surface area contributed by atoms with Crippen molar-refractivity contribution in [2.24, 2.45) is 88.0 Å². The van der Waals surface area contributed by atoms with Crippen LogP contribution in [0.15, 0.2) is 88.3 Å². The van der Waals surface area contributed by atoms with E-state index in [4.69, 9.17) is 42.2 Å². The summed E-state index contributed by atoms with van der Waals surface area (Å²) in [6, 6.07) is -4.53. The van der Waals surface area contributed by atoms with Gasteiger partial charge in [-0.15, -0.1) is 0 Å². The number of rotatable bonds is 18. The van der Waals surface area contributed by atoms with Gasteiger partial charge in [0, 0.05) is 217 Å². The van der Waals surface area contributed by atoms with Crippen molar-refractivity contribution in [3.05, 3.63) is 139 Å². The van der Waals surface area contributed by atoms with Crippen molar-refractivity contribution in [3.8, 4) is 0 Å². The van der Waals surface area contributed by atoms with Gasteiger partial charge in [0.25, 0.3) is 0 Å². The summed E-state index contributed by atoms with van der Waals surface area (Å²) in [5, 5.41) is 122. The van der Waals surface area contributed by atoms with Crippen LogP contribution in [0.4, 0.5) is 33.6 Å². The molecule has 0 saturated carbocycles. The van der Waals surface area contributed by atoms with Gasteiger partial charge in [0.1, 0.15) is 66.4 Å². The highest BCUT2D eigenvalue weighted by Crippen LogP contribution is 2.52. The lowest BCUT2D eigenvalue weighted by Crippen LogP contribution is -2.44. The van der Waals surface area contributed by atoms with Crippen molar-refractivity contribution in [2.75, 3.05) is 150 Å². The highest BCUT2D eigenvalue weighted by atomic mass is 16.6. The summed E-state index contributed by atoms with van der Waals surface area (Å²) in [5.41, 5.74) is 37.8. The number of aliphatic imine (C=N–C) groups is 3. The number of carbonyl (C=O) groups is 7. The maximum absolute atomic E-state index is 12.5. The van der Waals surface area contributed by atoms with E-state index in [0.29, 0.717) is 113 Å². The Morgan fingerprint density at radius 2 is 0.728 bits per heavy atom. The number of urea groups is 7. The summed E-state index contributed by atoms with van der Waals surface area (Å²) in [4.78, 5) is 139. The number of amides is 14. The van der Waals surface area contributed by atoms with E-state index in [1.54, 1.807) is 234 Å². The van der Waals surface area contributed by atoms with E-state index < -0.39 is 42.0 Å². The average molecular weight is 2050 g/mol. The van der Waals surface area contributed by atoms with Gasteiger partial charge in [0.15, 0.2) is 17.5 Å². The molecule has 14 amide bonds. The molecule has 0 aliphatic carbocycles. The van der Waals surface area contributed by atoms with Gasteiger partial charge < -0.3 is 106 Å². The molecule has 14 aliphatic rings. The molecule has 147 heavy (non-hydrogen) atoms. The molecule has 792 valence electrons.